The van der Waals surface area contributed by atoms with Crippen LogP contribution in [0.5, 0.6) is 0 Å². The Kier molecular flexibility index (Phi) is 3.53. The summed E-state index contributed by atoms with van der Waals surface area (Å²) >= 11 is 0. The maximum Gasteiger partial charge on any atom is 0.0491 e. The molecule has 0 spiro atoms. The molecule has 0 aromatic rings. The Balaban J connectivity index is 3.51. The van der Waals surface area contributed by atoms with Crippen LogP contribution in [0.3, 0.4) is 0 Å². The van der Waals surface area contributed by atoms with Crippen LogP contribution in [0.2, 0.25) is 0 Å². The second kappa shape index (κ2) is 3.67. The molecule has 0 aromatic carbocycles. The van der Waals surface area contributed by atoms with Gasteiger partial charge in [-0.15, -0.1) is 0 Å². The van der Waals surface area contributed by atoms with Gasteiger partial charge in [0.05, 0.1) is 0 Å². The Morgan fingerprint density at radius 3 is 2.25 bits per heavy atom. The van der Waals surface area contributed by atoms with Gasteiger partial charge in [0, 0.05) is 6.61 Å². The molecule has 1 N–H and O–H groups in total. The van der Waals surface area contributed by atoms with E-state index in [4.69, 9.17) is 5.11 Å². The lowest BCUT2D eigenvalue weighted by atomic mass is 10.1. The fourth-order valence-corrected chi connectivity index (χ4v) is 0.622. The summed E-state index contributed by atoms with van der Waals surface area (Å²) in [6.45, 7) is 6.32. The Morgan fingerprint density at radius 1 is 1.62 bits per heavy atom. The number of hydrogen-bond acceptors (Lipinski definition) is 1. The summed E-state index contributed by atoms with van der Waals surface area (Å²) < 4.78 is 0. The first-order valence-electron chi connectivity index (χ1n) is 2.92. The van der Waals surface area contributed by atoms with Crippen LogP contribution in [-0.2, 0) is 0 Å². The highest BCUT2D eigenvalue weighted by atomic mass is 16.3. The predicted molar refractivity (Wildman–Crippen MR) is 35.7 cm³/mol. The van der Waals surface area contributed by atoms with Crippen molar-refractivity contribution in [2.24, 2.45) is 5.92 Å². The van der Waals surface area contributed by atoms with E-state index < -0.39 is 0 Å². The average Bonchev–Trinajstić information content (AvgIpc) is 1.65. The molecule has 1 nitrogen and oxygen atoms in total. The van der Waals surface area contributed by atoms with Gasteiger partial charge in [0.25, 0.3) is 0 Å². The van der Waals surface area contributed by atoms with Crippen LogP contribution in [0.4, 0.5) is 0 Å². The van der Waals surface area contributed by atoms with Crippen molar-refractivity contribution < 1.29 is 5.11 Å². The van der Waals surface area contributed by atoms with Crippen molar-refractivity contribution in [2.45, 2.75) is 20.8 Å². The van der Waals surface area contributed by atoms with Crippen LogP contribution in [0.25, 0.3) is 0 Å². The van der Waals surface area contributed by atoms with Crippen LogP contribution in [0, 0.1) is 5.92 Å². The normalized spacial score (nSPS) is 13.0. The standard InChI is InChI=1S/C7H14O/c1-6(2)4-7(3)5-8/h4,7-8H,5H2,1-3H3/t7-/m0/s1. The van der Waals surface area contributed by atoms with Gasteiger partial charge in [0.1, 0.15) is 0 Å². The van der Waals surface area contributed by atoms with E-state index in [1.54, 1.807) is 0 Å². The number of hydrogen-bond donors (Lipinski definition) is 1. The van der Waals surface area contributed by atoms with Crippen LogP contribution in [0.15, 0.2) is 11.6 Å². The summed E-state index contributed by atoms with van der Waals surface area (Å²) in [5.41, 5.74) is 1.27. The predicted octanol–water partition coefficient (Wildman–Crippen LogP) is 1.58. The van der Waals surface area contributed by atoms with Crippen LogP contribution in [-0.4, -0.2) is 11.7 Å². The highest BCUT2D eigenvalue weighted by Gasteiger charge is 1.90. The summed E-state index contributed by atoms with van der Waals surface area (Å²) in [6.07, 6.45) is 2.06. The molecule has 0 aliphatic carbocycles. The van der Waals surface area contributed by atoms with E-state index in [0.717, 1.165) is 0 Å². The molecule has 0 unspecified atom stereocenters. The summed E-state index contributed by atoms with van der Waals surface area (Å²) in [7, 11) is 0. The number of rotatable bonds is 2. The third kappa shape index (κ3) is 3.88. The first-order chi connectivity index (χ1) is 3.66. The van der Waals surface area contributed by atoms with Crippen molar-refractivity contribution in [1.29, 1.82) is 0 Å². The minimum atomic E-state index is 0.255. The van der Waals surface area contributed by atoms with E-state index in [0.29, 0.717) is 5.92 Å². The molecule has 0 saturated carbocycles. The van der Waals surface area contributed by atoms with Gasteiger partial charge < -0.3 is 5.11 Å². The van der Waals surface area contributed by atoms with Crippen molar-refractivity contribution in [3.05, 3.63) is 11.6 Å². The van der Waals surface area contributed by atoms with Crippen molar-refractivity contribution >= 4 is 0 Å². The number of aliphatic hydroxyl groups is 1. The van der Waals surface area contributed by atoms with E-state index >= 15 is 0 Å². The van der Waals surface area contributed by atoms with E-state index in [9.17, 15) is 0 Å². The van der Waals surface area contributed by atoms with Crippen molar-refractivity contribution in [1.82, 2.24) is 0 Å². The molecule has 0 rings (SSSR count). The van der Waals surface area contributed by atoms with Gasteiger partial charge in [0.2, 0.25) is 0 Å². The second-order valence-corrected chi connectivity index (χ2v) is 2.40. The quantitative estimate of drug-likeness (QED) is 0.540. The monoisotopic (exact) mass is 114 g/mol. The van der Waals surface area contributed by atoms with Crippen LogP contribution < -0.4 is 0 Å². The highest BCUT2D eigenvalue weighted by molar-refractivity contribution is 4.95. The topological polar surface area (TPSA) is 20.2 Å². The maximum absolute atomic E-state index is 8.54. The molecule has 0 bridgehead atoms. The van der Waals surface area contributed by atoms with Gasteiger partial charge in [-0.25, -0.2) is 0 Å². The Labute approximate surface area is 51.0 Å². The molecular weight excluding hydrogens is 100 g/mol. The fraction of sp³-hybridized carbons (Fsp3) is 0.714. The molecule has 0 amide bonds. The molecule has 8 heavy (non-hydrogen) atoms. The number of aliphatic hydroxyl groups excluding tert-OH is 1. The summed E-state index contributed by atoms with van der Waals surface area (Å²) in [6, 6.07) is 0. The molecule has 1 atom stereocenters. The van der Waals surface area contributed by atoms with Gasteiger partial charge in [-0.2, -0.15) is 0 Å². The van der Waals surface area contributed by atoms with E-state index in [2.05, 4.69) is 6.08 Å². The van der Waals surface area contributed by atoms with Crippen molar-refractivity contribution in [3.8, 4) is 0 Å². The van der Waals surface area contributed by atoms with Gasteiger partial charge in [0.15, 0.2) is 0 Å². The van der Waals surface area contributed by atoms with Gasteiger partial charge in [-0.05, 0) is 19.8 Å². The van der Waals surface area contributed by atoms with E-state index in [1.807, 2.05) is 20.8 Å². The molecule has 1 heteroatoms. The number of allylic oxidation sites excluding steroid dienone is 1. The average molecular weight is 114 g/mol. The molecule has 0 radical (unpaired) electrons. The largest absolute Gasteiger partial charge is 0.396 e. The minimum absolute atomic E-state index is 0.255. The SMILES string of the molecule is CC(C)=C[C@H](C)CO. The zero-order valence-electron chi connectivity index (χ0n) is 5.81. The molecule has 0 aliphatic heterocycles. The molecule has 0 aromatic heterocycles. The third-order valence-corrected chi connectivity index (χ3v) is 0.906. The Hall–Kier alpha value is -0.300. The highest BCUT2D eigenvalue weighted by Crippen LogP contribution is 1.99. The second-order valence-electron chi connectivity index (χ2n) is 2.40. The molecule has 0 aliphatic rings. The molecule has 0 heterocycles. The lowest BCUT2D eigenvalue weighted by molar-refractivity contribution is 0.261. The Bertz CT molecular complexity index is 80.4. The van der Waals surface area contributed by atoms with Crippen molar-refractivity contribution in [3.63, 3.8) is 0 Å². The smallest absolute Gasteiger partial charge is 0.0491 e. The van der Waals surface area contributed by atoms with Crippen molar-refractivity contribution in [2.75, 3.05) is 6.61 Å². The van der Waals surface area contributed by atoms with E-state index in [1.165, 1.54) is 5.57 Å². The zero-order valence-corrected chi connectivity index (χ0v) is 5.81. The minimum Gasteiger partial charge on any atom is -0.396 e. The molecular formula is C7H14O. The fourth-order valence-electron chi connectivity index (χ4n) is 0.622. The summed E-state index contributed by atoms with van der Waals surface area (Å²) in [5.74, 6) is 0.319. The molecule has 0 saturated heterocycles. The maximum atomic E-state index is 8.54. The summed E-state index contributed by atoms with van der Waals surface area (Å²) in [4.78, 5) is 0. The first kappa shape index (κ1) is 7.70. The van der Waals surface area contributed by atoms with Crippen LogP contribution in [0.1, 0.15) is 20.8 Å². The van der Waals surface area contributed by atoms with E-state index in [-0.39, 0.29) is 6.61 Å². The lowest BCUT2D eigenvalue weighted by Crippen LogP contribution is -1.95. The lowest BCUT2D eigenvalue weighted by Gasteiger charge is -1.98. The van der Waals surface area contributed by atoms with Gasteiger partial charge >= 0.3 is 0 Å². The molecule has 48 valence electrons. The Morgan fingerprint density at radius 2 is 2.12 bits per heavy atom. The third-order valence-electron chi connectivity index (χ3n) is 0.906. The molecule has 0 fully saturated rings. The first-order valence-corrected chi connectivity index (χ1v) is 2.92. The summed E-state index contributed by atoms with van der Waals surface area (Å²) in [5, 5.41) is 8.54. The zero-order chi connectivity index (χ0) is 6.57. The van der Waals surface area contributed by atoms with Gasteiger partial charge in [-0.3, -0.25) is 0 Å². The van der Waals surface area contributed by atoms with Crippen LogP contribution >= 0.6 is 0 Å². The van der Waals surface area contributed by atoms with Gasteiger partial charge in [-0.1, -0.05) is 18.6 Å².